The van der Waals surface area contributed by atoms with Gasteiger partial charge in [-0.1, -0.05) is 6.07 Å². The Morgan fingerprint density at radius 1 is 1.53 bits per heavy atom. The molecule has 2 unspecified atom stereocenters. The second-order valence-electron chi connectivity index (χ2n) is 4.04. The van der Waals surface area contributed by atoms with Crippen molar-refractivity contribution in [1.29, 1.82) is 0 Å². The summed E-state index contributed by atoms with van der Waals surface area (Å²) in [5.41, 5.74) is 0. The zero-order valence-electron chi connectivity index (χ0n) is 9.55. The molecule has 2 rings (SSSR count). The molecular weight excluding hydrogens is 280 g/mol. The molecule has 2 N–H and O–H groups in total. The van der Waals surface area contributed by atoms with Crippen LogP contribution in [-0.4, -0.2) is 27.0 Å². The lowest BCUT2D eigenvalue weighted by Crippen LogP contribution is -2.51. The molecule has 1 aliphatic rings. The summed E-state index contributed by atoms with van der Waals surface area (Å²) in [6, 6.07) is 3.58. The topological polar surface area (TPSA) is 58.2 Å². The Kier molecular flexibility index (Phi) is 5.40. The fraction of sp³-hybridized carbons (Fsp3) is 0.600. The Bertz CT molecular complexity index is 433. The molecule has 1 aliphatic heterocycles. The predicted octanol–water partition coefficient (Wildman–Crippen LogP) is 1.59. The molecule has 2 heterocycles. The van der Waals surface area contributed by atoms with Crippen molar-refractivity contribution in [1.82, 2.24) is 10.0 Å². The van der Waals surface area contributed by atoms with Crippen LogP contribution in [0.15, 0.2) is 21.7 Å². The number of hydrogen-bond donors (Lipinski definition) is 2. The fourth-order valence-electron chi connectivity index (χ4n) is 1.88. The second-order valence-corrected chi connectivity index (χ2v) is 6.93. The number of piperidine rings is 1. The quantitative estimate of drug-likeness (QED) is 0.890. The van der Waals surface area contributed by atoms with Crippen molar-refractivity contribution in [2.75, 3.05) is 6.54 Å². The molecular formula is C10H17ClN2O2S2. The van der Waals surface area contributed by atoms with Crippen molar-refractivity contribution in [2.45, 2.75) is 36.1 Å². The van der Waals surface area contributed by atoms with Crippen molar-refractivity contribution >= 4 is 33.8 Å². The van der Waals surface area contributed by atoms with Crippen molar-refractivity contribution in [3.8, 4) is 0 Å². The zero-order valence-corrected chi connectivity index (χ0v) is 12.0. The van der Waals surface area contributed by atoms with Crippen LogP contribution in [0.1, 0.15) is 19.8 Å². The lowest BCUT2D eigenvalue weighted by molar-refractivity contribution is 0.349. The molecule has 1 aromatic heterocycles. The monoisotopic (exact) mass is 296 g/mol. The van der Waals surface area contributed by atoms with E-state index in [1.165, 1.54) is 11.3 Å². The fourth-order valence-corrected chi connectivity index (χ4v) is 4.24. The summed E-state index contributed by atoms with van der Waals surface area (Å²) < 4.78 is 27.1. The standard InChI is InChI=1S/C10H16N2O2S2.ClH/c1-8-9(4-2-6-11-8)12-16(13,14)10-5-3-7-15-10;/h3,5,7-9,11-12H,2,4,6H2,1H3;1H. The van der Waals surface area contributed by atoms with Crippen LogP contribution in [0.2, 0.25) is 0 Å². The van der Waals surface area contributed by atoms with Gasteiger partial charge in [0.15, 0.2) is 0 Å². The van der Waals surface area contributed by atoms with Crippen molar-refractivity contribution in [2.24, 2.45) is 0 Å². The summed E-state index contributed by atoms with van der Waals surface area (Å²) in [5, 5.41) is 5.05. The van der Waals surface area contributed by atoms with E-state index in [9.17, 15) is 8.42 Å². The SMILES string of the molecule is CC1NCCCC1NS(=O)(=O)c1cccs1.Cl. The highest BCUT2D eigenvalue weighted by atomic mass is 35.5. The molecule has 0 aliphatic carbocycles. The van der Waals surface area contributed by atoms with Crippen molar-refractivity contribution < 1.29 is 8.42 Å². The molecule has 0 aromatic carbocycles. The predicted molar refractivity (Wildman–Crippen MR) is 72.4 cm³/mol. The van der Waals surface area contributed by atoms with Gasteiger partial charge in [-0.25, -0.2) is 13.1 Å². The van der Waals surface area contributed by atoms with Gasteiger partial charge < -0.3 is 5.32 Å². The number of nitrogens with one attached hydrogen (secondary N) is 2. The molecule has 1 aromatic rings. The number of thiophene rings is 1. The van der Waals surface area contributed by atoms with E-state index in [2.05, 4.69) is 10.0 Å². The third-order valence-corrected chi connectivity index (χ3v) is 5.72. The van der Waals surface area contributed by atoms with E-state index < -0.39 is 10.0 Å². The minimum Gasteiger partial charge on any atom is -0.313 e. The van der Waals surface area contributed by atoms with Gasteiger partial charge in [-0.2, -0.15) is 0 Å². The first kappa shape index (κ1) is 14.9. The molecule has 2 atom stereocenters. The van der Waals surface area contributed by atoms with E-state index in [1.807, 2.05) is 6.92 Å². The molecule has 0 spiro atoms. The Balaban J connectivity index is 0.00000144. The van der Waals surface area contributed by atoms with E-state index in [4.69, 9.17) is 0 Å². The molecule has 4 nitrogen and oxygen atoms in total. The molecule has 98 valence electrons. The first-order valence-electron chi connectivity index (χ1n) is 5.39. The van der Waals surface area contributed by atoms with Gasteiger partial charge in [-0.3, -0.25) is 0 Å². The molecule has 0 saturated carbocycles. The van der Waals surface area contributed by atoms with Gasteiger partial charge in [-0.05, 0) is 37.8 Å². The van der Waals surface area contributed by atoms with Crippen LogP contribution in [0.25, 0.3) is 0 Å². The Morgan fingerprint density at radius 2 is 2.29 bits per heavy atom. The lowest BCUT2D eigenvalue weighted by atomic mass is 10.0. The van der Waals surface area contributed by atoms with Gasteiger partial charge in [0.05, 0.1) is 0 Å². The smallest absolute Gasteiger partial charge is 0.250 e. The van der Waals surface area contributed by atoms with Crippen LogP contribution in [-0.2, 0) is 10.0 Å². The van der Waals surface area contributed by atoms with E-state index in [-0.39, 0.29) is 24.5 Å². The maximum absolute atomic E-state index is 12.0. The Hall–Kier alpha value is -0.140. The number of hydrogen-bond acceptors (Lipinski definition) is 4. The summed E-state index contributed by atoms with van der Waals surface area (Å²) in [7, 11) is -3.32. The van der Waals surface area contributed by atoms with Gasteiger partial charge >= 0.3 is 0 Å². The molecule has 1 saturated heterocycles. The van der Waals surface area contributed by atoms with Gasteiger partial charge in [-0.15, -0.1) is 23.7 Å². The highest BCUT2D eigenvalue weighted by molar-refractivity contribution is 7.91. The van der Waals surface area contributed by atoms with E-state index >= 15 is 0 Å². The summed E-state index contributed by atoms with van der Waals surface area (Å²) in [4.78, 5) is 0. The second kappa shape index (κ2) is 6.15. The van der Waals surface area contributed by atoms with E-state index in [0.29, 0.717) is 4.21 Å². The van der Waals surface area contributed by atoms with Crippen LogP contribution in [0.4, 0.5) is 0 Å². The first-order chi connectivity index (χ1) is 7.59. The van der Waals surface area contributed by atoms with E-state index in [0.717, 1.165) is 19.4 Å². The molecule has 0 radical (unpaired) electrons. The highest BCUT2D eigenvalue weighted by Crippen LogP contribution is 2.18. The lowest BCUT2D eigenvalue weighted by Gasteiger charge is -2.30. The van der Waals surface area contributed by atoms with Crippen molar-refractivity contribution in [3.05, 3.63) is 17.5 Å². The van der Waals surface area contributed by atoms with Gasteiger partial charge in [0.25, 0.3) is 0 Å². The molecule has 17 heavy (non-hydrogen) atoms. The Labute approximate surface area is 112 Å². The normalized spacial score (nSPS) is 25.2. The average Bonchev–Trinajstić information content (AvgIpc) is 2.75. The Morgan fingerprint density at radius 3 is 2.88 bits per heavy atom. The van der Waals surface area contributed by atoms with Gasteiger partial charge in [0.2, 0.25) is 10.0 Å². The van der Waals surface area contributed by atoms with E-state index in [1.54, 1.807) is 17.5 Å². The van der Waals surface area contributed by atoms with Gasteiger partial charge in [0.1, 0.15) is 4.21 Å². The van der Waals surface area contributed by atoms with Crippen LogP contribution in [0.3, 0.4) is 0 Å². The zero-order chi connectivity index (χ0) is 11.6. The number of halogens is 1. The summed E-state index contributed by atoms with van der Waals surface area (Å²) in [5.74, 6) is 0. The van der Waals surface area contributed by atoms with Gasteiger partial charge in [0, 0.05) is 12.1 Å². The largest absolute Gasteiger partial charge is 0.313 e. The minimum absolute atomic E-state index is 0. The molecule has 0 bridgehead atoms. The van der Waals surface area contributed by atoms with Crippen LogP contribution < -0.4 is 10.0 Å². The first-order valence-corrected chi connectivity index (χ1v) is 7.75. The highest BCUT2D eigenvalue weighted by Gasteiger charge is 2.26. The van der Waals surface area contributed by atoms with Crippen LogP contribution in [0.5, 0.6) is 0 Å². The number of rotatable bonds is 3. The molecule has 0 amide bonds. The maximum Gasteiger partial charge on any atom is 0.250 e. The summed E-state index contributed by atoms with van der Waals surface area (Å²) in [6.07, 6.45) is 1.92. The maximum atomic E-state index is 12.0. The number of sulfonamides is 1. The molecule has 7 heteroatoms. The minimum atomic E-state index is -3.32. The van der Waals surface area contributed by atoms with Crippen LogP contribution >= 0.6 is 23.7 Å². The summed E-state index contributed by atoms with van der Waals surface area (Å²) >= 11 is 1.25. The third-order valence-electron chi connectivity index (χ3n) is 2.83. The average molecular weight is 297 g/mol. The summed E-state index contributed by atoms with van der Waals surface area (Å²) in [6.45, 7) is 2.99. The molecule has 1 fully saturated rings. The van der Waals surface area contributed by atoms with Crippen LogP contribution in [0, 0.1) is 0 Å². The van der Waals surface area contributed by atoms with Crippen molar-refractivity contribution in [3.63, 3.8) is 0 Å². The third kappa shape index (κ3) is 3.66.